The number of aryl methyl sites for hydroxylation is 3. The van der Waals surface area contributed by atoms with Crippen LogP contribution >= 0.6 is 11.3 Å². The molecule has 0 bridgehead atoms. The summed E-state index contributed by atoms with van der Waals surface area (Å²) in [5.74, 6) is -1.31. The molecule has 2 rings (SSSR count). The van der Waals surface area contributed by atoms with Crippen LogP contribution in [0.15, 0.2) is 18.2 Å². The molecule has 2 N–H and O–H groups in total. The molecule has 4 nitrogen and oxygen atoms in total. The average molecular weight is 303 g/mol. The SMILES string of the molecule is Cc1ccc(C(=O)Nc2sc(C)c(C)c2C(=O)O)cc1C. The summed E-state index contributed by atoms with van der Waals surface area (Å²) in [5.41, 5.74) is 3.54. The smallest absolute Gasteiger partial charge is 0.338 e. The number of carboxylic acid groups (broad SMARTS) is 1. The summed E-state index contributed by atoms with van der Waals surface area (Å²) in [6, 6.07) is 5.43. The Bertz CT molecular complexity index is 731. The van der Waals surface area contributed by atoms with Gasteiger partial charge < -0.3 is 10.4 Å². The molecule has 2 aromatic rings. The van der Waals surface area contributed by atoms with Gasteiger partial charge in [0.05, 0.1) is 5.56 Å². The fourth-order valence-corrected chi connectivity index (χ4v) is 3.08. The molecule has 1 aromatic carbocycles. The average Bonchev–Trinajstić information content (AvgIpc) is 2.68. The summed E-state index contributed by atoms with van der Waals surface area (Å²) in [6.07, 6.45) is 0. The Morgan fingerprint density at radius 3 is 2.33 bits per heavy atom. The van der Waals surface area contributed by atoms with Crippen molar-refractivity contribution in [3.8, 4) is 0 Å². The van der Waals surface area contributed by atoms with E-state index < -0.39 is 5.97 Å². The Morgan fingerprint density at radius 1 is 1.10 bits per heavy atom. The van der Waals surface area contributed by atoms with Crippen molar-refractivity contribution in [3.63, 3.8) is 0 Å². The summed E-state index contributed by atoms with van der Waals surface area (Å²) >= 11 is 1.29. The zero-order chi connectivity index (χ0) is 15.7. The quantitative estimate of drug-likeness (QED) is 0.902. The molecular weight excluding hydrogens is 286 g/mol. The van der Waals surface area contributed by atoms with Gasteiger partial charge in [-0.3, -0.25) is 4.79 Å². The number of nitrogens with one attached hydrogen (secondary N) is 1. The Labute approximate surface area is 127 Å². The van der Waals surface area contributed by atoms with Gasteiger partial charge in [0.25, 0.3) is 5.91 Å². The molecule has 110 valence electrons. The summed E-state index contributed by atoms with van der Waals surface area (Å²) < 4.78 is 0. The van der Waals surface area contributed by atoms with Crippen LogP contribution in [0, 0.1) is 27.7 Å². The minimum atomic E-state index is -1.02. The van der Waals surface area contributed by atoms with Gasteiger partial charge in [-0.1, -0.05) is 6.07 Å². The molecule has 0 unspecified atom stereocenters. The van der Waals surface area contributed by atoms with Gasteiger partial charge in [0.2, 0.25) is 0 Å². The van der Waals surface area contributed by atoms with Crippen LogP contribution in [-0.2, 0) is 0 Å². The van der Waals surface area contributed by atoms with Crippen LogP contribution in [0.2, 0.25) is 0 Å². The first-order chi connectivity index (χ1) is 9.81. The molecule has 21 heavy (non-hydrogen) atoms. The van der Waals surface area contributed by atoms with Gasteiger partial charge in [-0.2, -0.15) is 0 Å². The number of carbonyl (C=O) groups is 2. The monoisotopic (exact) mass is 303 g/mol. The third-order valence-electron chi connectivity index (χ3n) is 3.60. The van der Waals surface area contributed by atoms with Gasteiger partial charge in [0.1, 0.15) is 5.00 Å². The van der Waals surface area contributed by atoms with E-state index in [4.69, 9.17) is 0 Å². The Kier molecular flexibility index (Phi) is 4.14. The predicted molar refractivity (Wildman–Crippen MR) is 84.6 cm³/mol. The fourth-order valence-electron chi connectivity index (χ4n) is 2.03. The van der Waals surface area contributed by atoms with Crippen molar-refractivity contribution in [2.45, 2.75) is 27.7 Å². The van der Waals surface area contributed by atoms with Gasteiger partial charge in [-0.15, -0.1) is 11.3 Å². The number of aromatic carboxylic acids is 1. The normalized spacial score (nSPS) is 10.5. The van der Waals surface area contributed by atoms with Gasteiger partial charge >= 0.3 is 5.97 Å². The van der Waals surface area contributed by atoms with E-state index >= 15 is 0 Å². The van der Waals surface area contributed by atoms with Crippen LogP contribution < -0.4 is 5.32 Å². The van der Waals surface area contributed by atoms with Crippen LogP contribution in [0.4, 0.5) is 5.00 Å². The van der Waals surface area contributed by atoms with E-state index in [-0.39, 0.29) is 11.5 Å². The molecule has 1 aromatic heterocycles. The minimum Gasteiger partial charge on any atom is -0.478 e. The number of hydrogen-bond donors (Lipinski definition) is 2. The predicted octanol–water partition coefficient (Wildman–Crippen LogP) is 3.93. The lowest BCUT2D eigenvalue weighted by atomic mass is 10.1. The largest absolute Gasteiger partial charge is 0.478 e. The number of carbonyl (C=O) groups excluding carboxylic acids is 1. The Hall–Kier alpha value is -2.14. The van der Waals surface area contributed by atoms with E-state index in [0.29, 0.717) is 16.1 Å². The highest BCUT2D eigenvalue weighted by Gasteiger charge is 2.20. The molecule has 0 saturated heterocycles. The van der Waals surface area contributed by atoms with E-state index in [1.165, 1.54) is 11.3 Å². The van der Waals surface area contributed by atoms with E-state index in [1.54, 1.807) is 19.1 Å². The van der Waals surface area contributed by atoms with Crippen LogP contribution in [0.1, 0.15) is 42.3 Å². The van der Waals surface area contributed by atoms with Crippen LogP contribution in [0.3, 0.4) is 0 Å². The lowest BCUT2D eigenvalue weighted by Gasteiger charge is -2.07. The zero-order valence-electron chi connectivity index (χ0n) is 12.4. The first-order valence-corrected chi connectivity index (χ1v) is 7.34. The van der Waals surface area contributed by atoms with E-state index in [2.05, 4.69) is 5.32 Å². The van der Waals surface area contributed by atoms with Crippen LogP contribution in [0.5, 0.6) is 0 Å². The van der Waals surface area contributed by atoms with Crippen LogP contribution in [-0.4, -0.2) is 17.0 Å². The molecule has 0 aliphatic rings. The third-order valence-corrected chi connectivity index (χ3v) is 4.72. The molecule has 0 spiro atoms. The molecular formula is C16H17NO3S. The molecule has 1 amide bonds. The second-order valence-corrected chi connectivity index (χ2v) is 6.27. The first kappa shape index (κ1) is 15.3. The van der Waals surface area contributed by atoms with Gasteiger partial charge in [0.15, 0.2) is 0 Å². The summed E-state index contributed by atoms with van der Waals surface area (Å²) in [6.45, 7) is 7.51. The van der Waals surface area contributed by atoms with Crippen molar-refractivity contribution in [3.05, 3.63) is 50.9 Å². The van der Waals surface area contributed by atoms with E-state index in [9.17, 15) is 14.7 Å². The molecule has 5 heteroatoms. The molecule has 0 fully saturated rings. The fraction of sp³-hybridized carbons (Fsp3) is 0.250. The van der Waals surface area contributed by atoms with Crippen molar-refractivity contribution in [1.82, 2.24) is 0 Å². The molecule has 0 saturated carbocycles. The zero-order valence-corrected chi connectivity index (χ0v) is 13.2. The van der Waals surface area contributed by atoms with Crippen molar-refractivity contribution >= 4 is 28.2 Å². The van der Waals surface area contributed by atoms with Crippen LogP contribution in [0.25, 0.3) is 0 Å². The first-order valence-electron chi connectivity index (χ1n) is 6.53. The highest BCUT2D eigenvalue weighted by atomic mass is 32.1. The number of carboxylic acids is 1. The van der Waals surface area contributed by atoms with Crippen molar-refractivity contribution in [2.24, 2.45) is 0 Å². The Balaban J connectivity index is 2.33. The second-order valence-electron chi connectivity index (χ2n) is 5.05. The van der Waals surface area contributed by atoms with E-state index in [0.717, 1.165) is 16.0 Å². The van der Waals surface area contributed by atoms with Crippen molar-refractivity contribution in [2.75, 3.05) is 5.32 Å². The lowest BCUT2D eigenvalue weighted by molar-refractivity contribution is 0.0697. The number of rotatable bonds is 3. The van der Waals surface area contributed by atoms with Gasteiger partial charge in [0, 0.05) is 10.4 Å². The van der Waals surface area contributed by atoms with Crippen molar-refractivity contribution < 1.29 is 14.7 Å². The highest BCUT2D eigenvalue weighted by Crippen LogP contribution is 2.32. The topological polar surface area (TPSA) is 66.4 Å². The number of anilines is 1. The summed E-state index contributed by atoms with van der Waals surface area (Å²) in [7, 11) is 0. The van der Waals surface area contributed by atoms with Crippen molar-refractivity contribution in [1.29, 1.82) is 0 Å². The maximum Gasteiger partial charge on any atom is 0.338 e. The maximum atomic E-state index is 12.3. The molecule has 0 radical (unpaired) electrons. The highest BCUT2D eigenvalue weighted by molar-refractivity contribution is 7.16. The third kappa shape index (κ3) is 2.97. The van der Waals surface area contributed by atoms with Gasteiger partial charge in [-0.05, 0) is 56.5 Å². The number of hydrogen-bond acceptors (Lipinski definition) is 3. The second kappa shape index (κ2) is 5.69. The minimum absolute atomic E-state index is 0.176. The Morgan fingerprint density at radius 2 is 1.76 bits per heavy atom. The van der Waals surface area contributed by atoms with Gasteiger partial charge in [-0.25, -0.2) is 4.79 Å². The summed E-state index contributed by atoms with van der Waals surface area (Å²) in [4.78, 5) is 24.5. The summed E-state index contributed by atoms with van der Waals surface area (Å²) in [5, 5.41) is 12.4. The number of thiophene rings is 1. The molecule has 0 aliphatic carbocycles. The number of benzene rings is 1. The maximum absolute atomic E-state index is 12.3. The lowest BCUT2D eigenvalue weighted by Crippen LogP contribution is -2.13. The standard InChI is InChI=1S/C16H17NO3S/c1-8-5-6-12(7-9(8)2)14(18)17-15-13(16(19)20)10(3)11(4)21-15/h5-7H,1-4H3,(H,17,18)(H,19,20). The van der Waals surface area contributed by atoms with E-state index in [1.807, 2.05) is 26.8 Å². The molecule has 0 aliphatic heterocycles. The number of amides is 1. The molecule has 0 atom stereocenters. The molecule has 1 heterocycles.